The van der Waals surface area contributed by atoms with Crippen molar-refractivity contribution in [2.75, 3.05) is 0 Å². The number of ketones is 2. The van der Waals surface area contributed by atoms with Crippen molar-refractivity contribution in [3.63, 3.8) is 0 Å². The van der Waals surface area contributed by atoms with Crippen LogP contribution in [-0.4, -0.2) is 35.9 Å². The molecule has 0 spiro atoms. The Balaban J connectivity index is 1.09. The fourth-order valence-corrected chi connectivity index (χ4v) is 5.85. The molecule has 0 aliphatic rings. The van der Waals surface area contributed by atoms with Crippen molar-refractivity contribution >= 4 is 47.3 Å². The van der Waals surface area contributed by atoms with Gasteiger partial charge in [-0.2, -0.15) is 0 Å². The second-order valence-corrected chi connectivity index (χ2v) is 13.6. The molecule has 286 valence electrons. The zero-order valence-electron chi connectivity index (χ0n) is 32.1. The lowest BCUT2D eigenvalue weighted by Crippen LogP contribution is -2.08. The minimum absolute atomic E-state index is 0.0987. The fourth-order valence-electron chi connectivity index (χ4n) is 5.85. The summed E-state index contributed by atoms with van der Waals surface area (Å²) in [4.78, 5) is 59.4. The molecule has 5 aromatic carbocycles. The second-order valence-electron chi connectivity index (χ2n) is 13.6. The molecule has 0 N–H and O–H groups in total. The Morgan fingerprint density at radius 1 is 0.464 bits per heavy atom. The molecule has 0 saturated heterocycles. The number of unbranched alkanes of at least 4 members (excludes halogenated alkanes) is 6. The van der Waals surface area contributed by atoms with E-state index >= 15 is 0 Å². The van der Waals surface area contributed by atoms with Gasteiger partial charge in [0.1, 0.15) is 11.5 Å². The number of rotatable bonds is 20. The highest BCUT2D eigenvalue weighted by Crippen LogP contribution is 2.21. The number of nitrogens with zero attached hydrogens (tertiary/aromatic N) is 2. The molecule has 0 radical (unpaired) electrons. The van der Waals surface area contributed by atoms with E-state index in [1.165, 1.54) is 0 Å². The molecule has 8 heteroatoms. The Hall–Kier alpha value is -6.28. The average Bonchev–Trinajstić information content (AvgIpc) is 3.23. The van der Waals surface area contributed by atoms with Crippen LogP contribution >= 0.6 is 0 Å². The van der Waals surface area contributed by atoms with Crippen LogP contribution in [0.1, 0.15) is 131 Å². The summed E-state index contributed by atoms with van der Waals surface area (Å²) >= 11 is 0. The predicted molar refractivity (Wildman–Crippen MR) is 223 cm³/mol. The van der Waals surface area contributed by atoms with Gasteiger partial charge in [0.25, 0.3) is 0 Å². The van der Waals surface area contributed by atoms with Gasteiger partial charge in [0, 0.05) is 36.4 Å². The number of hydrogen-bond acceptors (Lipinski definition) is 8. The van der Waals surface area contributed by atoms with Crippen molar-refractivity contribution in [3.05, 3.63) is 155 Å². The van der Waals surface area contributed by atoms with Crippen LogP contribution in [0.15, 0.2) is 131 Å². The van der Waals surface area contributed by atoms with Gasteiger partial charge in [-0.1, -0.05) is 70.6 Å². The summed E-state index contributed by atoms with van der Waals surface area (Å²) in [6, 6.07) is 34.7. The number of hydrogen-bond donors (Lipinski definition) is 0. The third-order valence-corrected chi connectivity index (χ3v) is 9.13. The Kier molecular flexibility index (Phi) is 15.8. The van der Waals surface area contributed by atoms with E-state index in [1.54, 1.807) is 109 Å². The van der Waals surface area contributed by atoms with Crippen molar-refractivity contribution < 1.29 is 28.7 Å². The van der Waals surface area contributed by atoms with Gasteiger partial charge in [-0.3, -0.25) is 19.6 Å². The standard InChI is InChI=1S/C48H48N2O6/c1-3-5-7-9-14-45(51)37-20-28-43(29-21-37)55-47(53)39-16-24-41(25-17-39)49-33-35-12-11-13-36(32-35)34-50-42-26-18-40(19-27-42)48(54)56-44-30-22-38(23-31-44)46(52)15-10-8-6-4-2/h11-13,16-34H,3-10,14-15H2,1-2H3. The third-order valence-electron chi connectivity index (χ3n) is 9.13. The van der Waals surface area contributed by atoms with E-state index in [2.05, 4.69) is 23.8 Å². The van der Waals surface area contributed by atoms with E-state index in [9.17, 15) is 19.2 Å². The lowest BCUT2D eigenvalue weighted by Gasteiger charge is -2.06. The largest absolute Gasteiger partial charge is 0.423 e. The summed E-state index contributed by atoms with van der Waals surface area (Å²) in [6.45, 7) is 4.28. The number of esters is 2. The Morgan fingerprint density at radius 3 is 1.21 bits per heavy atom. The second kappa shape index (κ2) is 21.6. The maximum absolute atomic E-state index is 12.7. The molecule has 5 aromatic rings. The van der Waals surface area contributed by atoms with Gasteiger partial charge in [-0.25, -0.2) is 9.59 Å². The van der Waals surface area contributed by atoms with Gasteiger partial charge in [0.2, 0.25) is 0 Å². The van der Waals surface area contributed by atoms with Crippen LogP contribution in [0.5, 0.6) is 11.5 Å². The molecule has 0 aliphatic carbocycles. The molecular formula is C48H48N2O6. The van der Waals surface area contributed by atoms with E-state index in [1.807, 2.05) is 24.3 Å². The van der Waals surface area contributed by atoms with Crippen LogP contribution in [0.4, 0.5) is 11.4 Å². The lowest BCUT2D eigenvalue weighted by atomic mass is 10.0. The number of carbonyl (C=O) groups is 4. The SMILES string of the molecule is CCCCCCC(=O)c1ccc(OC(=O)c2ccc(N=Cc3cccc(C=Nc4ccc(C(=O)Oc5ccc(C(=O)CCCCCC)cc5)cc4)c3)cc2)cc1. The summed E-state index contributed by atoms with van der Waals surface area (Å²) in [7, 11) is 0. The van der Waals surface area contributed by atoms with Gasteiger partial charge in [-0.05, 0) is 127 Å². The van der Waals surface area contributed by atoms with Crippen LogP contribution in [0.25, 0.3) is 0 Å². The number of carbonyl (C=O) groups excluding carboxylic acids is 4. The van der Waals surface area contributed by atoms with Crippen LogP contribution in [0, 0.1) is 0 Å². The maximum Gasteiger partial charge on any atom is 0.343 e. The average molecular weight is 749 g/mol. The topological polar surface area (TPSA) is 111 Å². The first-order valence-corrected chi connectivity index (χ1v) is 19.4. The Morgan fingerprint density at radius 2 is 0.839 bits per heavy atom. The van der Waals surface area contributed by atoms with Crippen molar-refractivity contribution in [2.24, 2.45) is 9.98 Å². The third kappa shape index (κ3) is 12.9. The summed E-state index contributed by atoms with van der Waals surface area (Å²) in [5.74, 6) is -0.0413. The van der Waals surface area contributed by atoms with Gasteiger partial charge < -0.3 is 9.47 Å². The molecule has 0 amide bonds. The molecule has 0 bridgehead atoms. The minimum Gasteiger partial charge on any atom is -0.423 e. The van der Waals surface area contributed by atoms with Crippen molar-refractivity contribution in [1.29, 1.82) is 0 Å². The molecule has 0 atom stereocenters. The monoisotopic (exact) mass is 748 g/mol. The first-order chi connectivity index (χ1) is 27.3. The zero-order valence-corrected chi connectivity index (χ0v) is 32.1. The quantitative estimate of drug-likeness (QED) is 0.0257. The van der Waals surface area contributed by atoms with E-state index in [0.717, 1.165) is 62.5 Å². The Labute approximate surface area is 329 Å². The lowest BCUT2D eigenvalue weighted by molar-refractivity contribution is 0.0725. The predicted octanol–water partition coefficient (Wildman–Crippen LogP) is 11.9. The molecule has 0 aliphatic heterocycles. The molecule has 56 heavy (non-hydrogen) atoms. The maximum atomic E-state index is 12.7. The summed E-state index contributed by atoms with van der Waals surface area (Å²) in [5, 5.41) is 0. The van der Waals surface area contributed by atoms with Crippen molar-refractivity contribution in [1.82, 2.24) is 0 Å². The summed E-state index contributed by atoms with van der Waals surface area (Å²) in [5.41, 5.74) is 5.07. The first kappa shape index (κ1) is 40.9. The highest BCUT2D eigenvalue weighted by molar-refractivity contribution is 5.97. The molecule has 0 unspecified atom stereocenters. The van der Waals surface area contributed by atoms with E-state index < -0.39 is 11.9 Å². The first-order valence-electron chi connectivity index (χ1n) is 19.4. The number of aliphatic imine (C=N–C) groups is 2. The van der Waals surface area contributed by atoms with E-state index in [4.69, 9.17) is 9.47 Å². The molecule has 5 rings (SSSR count). The molecule has 0 saturated carbocycles. The smallest absolute Gasteiger partial charge is 0.343 e. The summed E-state index contributed by atoms with van der Waals surface area (Å²) < 4.78 is 11.0. The normalized spacial score (nSPS) is 11.2. The number of ether oxygens (including phenoxy) is 2. The minimum atomic E-state index is -0.496. The van der Waals surface area contributed by atoms with Crippen LogP contribution in [0.2, 0.25) is 0 Å². The molecule has 8 nitrogen and oxygen atoms in total. The zero-order chi connectivity index (χ0) is 39.5. The van der Waals surface area contributed by atoms with Gasteiger partial charge >= 0.3 is 11.9 Å². The van der Waals surface area contributed by atoms with Crippen molar-refractivity contribution in [3.8, 4) is 11.5 Å². The van der Waals surface area contributed by atoms with Crippen LogP contribution in [-0.2, 0) is 0 Å². The highest BCUT2D eigenvalue weighted by Gasteiger charge is 2.12. The molecule has 0 fully saturated rings. The van der Waals surface area contributed by atoms with Gasteiger partial charge in [0.05, 0.1) is 22.5 Å². The highest BCUT2D eigenvalue weighted by atomic mass is 16.5. The van der Waals surface area contributed by atoms with Crippen LogP contribution < -0.4 is 9.47 Å². The van der Waals surface area contributed by atoms with Crippen LogP contribution in [0.3, 0.4) is 0 Å². The van der Waals surface area contributed by atoms with E-state index in [-0.39, 0.29) is 11.6 Å². The number of benzene rings is 5. The molecule has 0 heterocycles. The molecule has 0 aromatic heterocycles. The Bertz CT molecular complexity index is 1970. The number of Topliss-reactive ketones (excluding diaryl/α,β-unsaturated/α-hetero) is 2. The van der Waals surface area contributed by atoms with Gasteiger partial charge in [0.15, 0.2) is 11.6 Å². The van der Waals surface area contributed by atoms with E-state index in [0.29, 0.717) is 58.0 Å². The van der Waals surface area contributed by atoms with Gasteiger partial charge in [-0.15, -0.1) is 0 Å². The summed E-state index contributed by atoms with van der Waals surface area (Å²) in [6.07, 6.45) is 12.9. The fraction of sp³-hybridized carbons (Fsp3) is 0.250. The molecular weight excluding hydrogens is 701 g/mol. The van der Waals surface area contributed by atoms with Crippen molar-refractivity contribution in [2.45, 2.75) is 78.1 Å².